The number of thioether (sulfide) groups is 1. The summed E-state index contributed by atoms with van der Waals surface area (Å²) >= 11 is 1.50. The third-order valence-electron chi connectivity index (χ3n) is 3.21. The fraction of sp³-hybridized carbons (Fsp3) is 0.250. The van der Waals surface area contributed by atoms with Crippen LogP contribution in [0, 0.1) is 0 Å². The predicted molar refractivity (Wildman–Crippen MR) is 86.0 cm³/mol. The molecule has 3 rings (SSSR count). The molecule has 1 aromatic carbocycles. The van der Waals surface area contributed by atoms with Crippen LogP contribution < -0.4 is 14.8 Å². The molecule has 1 aliphatic heterocycles. The molecule has 1 amide bonds. The highest BCUT2D eigenvalue weighted by Crippen LogP contribution is 2.32. The second kappa shape index (κ2) is 6.70. The number of rotatable bonds is 3. The summed E-state index contributed by atoms with van der Waals surface area (Å²) in [7, 11) is 0. The summed E-state index contributed by atoms with van der Waals surface area (Å²) in [6.07, 6.45) is 4.41. The Morgan fingerprint density at radius 3 is 2.82 bits per heavy atom. The van der Waals surface area contributed by atoms with Crippen LogP contribution in [-0.4, -0.2) is 30.4 Å². The van der Waals surface area contributed by atoms with Crippen LogP contribution in [0.2, 0.25) is 0 Å². The van der Waals surface area contributed by atoms with Gasteiger partial charge in [0.25, 0.3) is 5.91 Å². The van der Waals surface area contributed by atoms with E-state index in [-0.39, 0.29) is 5.91 Å². The van der Waals surface area contributed by atoms with Gasteiger partial charge >= 0.3 is 0 Å². The van der Waals surface area contributed by atoms with Crippen molar-refractivity contribution >= 4 is 23.4 Å². The van der Waals surface area contributed by atoms with Gasteiger partial charge in [-0.25, -0.2) is 4.98 Å². The summed E-state index contributed by atoms with van der Waals surface area (Å²) < 4.78 is 11.2. The first-order valence-corrected chi connectivity index (χ1v) is 8.20. The Morgan fingerprint density at radius 2 is 2.00 bits per heavy atom. The third-order valence-corrected chi connectivity index (χ3v) is 3.85. The minimum absolute atomic E-state index is 0.174. The minimum Gasteiger partial charge on any atom is -0.490 e. The molecule has 6 heteroatoms. The second-order valence-corrected chi connectivity index (χ2v) is 5.58. The molecular formula is C16H16N2O3S. The number of anilines is 1. The molecule has 1 aromatic heterocycles. The fourth-order valence-electron chi connectivity index (χ4n) is 2.11. The summed E-state index contributed by atoms with van der Waals surface area (Å²) in [4.78, 5) is 16.5. The van der Waals surface area contributed by atoms with Crippen molar-refractivity contribution in [2.45, 2.75) is 11.4 Å². The molecule has 0 unspecified atom stereocenters. The van der Waals surface area contributed by atoms with Crippen LogP contribution in [0.1, 0.15) is 16.8 Å². The van der Waals surface area contributed by atoms with Gasteiger partial charge in [0, 0.05) is 29.9 Å². The van der Waals surface area contributed by atoms with E-state index in [0.717, 1.165) is 11.4 Å². The Bertz CT molecular complexity index is 691. The van der Waals surface area contributed by atoms with Gasteiger partial charge in [-0.15, -0.1) is 11.8 Å². The van der Waals surface area contributed by atoms with Gasteiger partial charge in [0.2, 0.25) is 0 Å². The van der Waals surface area contributed by atoms with E-state index in [0.29, 0.717) is 36.0 Å². The van der Waals surface area contributed by atoms with E-state index in [1.165, 1.54) is 11.8 Å². The maximum Gasteiger partial charge on any atom is 0.255 e. The third kappa shape index (κ3) is 3.33. The van der Waals surface area contributed by atoms with E-state index < -0.39 is 0 Å². The number of nitrogens with zero attached hydrogens (tertiary/aromatic N) is 1. The zero-order valence-corrected chi connectivity index (χ0v) is 13.0. The molecule has 0 bridgehead atoms. The average Bonchev–Trinajstić information content (AvgIpc) is 2.79. The smallest absolute Gasteiger partial charge is 0.255 e. The molecular weight excluding hydrogens is 300 g/mol. The number of pyridine rings is 1. The number of carbonyl (C=O) groups is 1. The molecule has 5 nitrogen and oxygen atoms in total. The molecule has 114 valence electrons. The Balaban J connectivity index is 1.77. The van der Waals surface area contributed by atoms with Crippen LogP contribution in [0.15, 0.2) is 41.6 Å². The Morgan fingerprint density at radius 1 is 1.18 bits per heavy atom. The first-order chi connectivity index (χ1) is 10.8. The fourth-order valence-corrected chi connectivity index (χ4v) is 2.52. The van der Waals surface area contributed by atoms with Crippen LogP contribution in [0.5, 0.6) is 11.5 Å². The molecule has 2 heterocycles. The molecule has 0 saturated carbocycles. The van der Waals surface area contributed by atoms with Crippen molar-refractivity contribution in [1.82, 2.24) is 4.98 Å². The highest BCUT2D eigenvalue weighted by Gasteiger charge is 2.13. The summed E-state index contributed by atoms with van der Waals surface area (Å²) in [6.45, 7) is 1.26. The van der Waals surface area contributed by atoms with Gasteiger partial charge in [-0.2, -0.15) is 0 Å². The van der Waals surface area contributed by atoms with E-state index in [1.54, 1.807) is 24.4 Å². The minimum atomic E-state index is -0.174. The average molecular weight is 316 g/mol. The Kier molecular flexibility index (Phi) is 4.48. The summed E-state index contributed by atoms with van der Waals surface area (Å²) in [6, 6.07) is 8.87. The molecule has 0 atom stereocenters. The lowest BCUT2D eigenvalue weighted by Crippen LogP contribution is -2.12. The van der Waals surface area contributed by atoms with Gasteiger partial charge in [-0.3, -0.25) is 4.79 Å². The van der Waals surface area contributed by atoms with Crippen LogP contribution in [0.3, 0.4) is 0 Å². The highest BCUT2D eigenvalue weighted by molar-refractivity contribution is 7.98. The maximum absolute atomic E-state index is 12.3. The van der Waals surface area contributed by atoms with Gasteiger partial charge in [0.05, 0.1) is 18.2 Å². The van der Waals surface area contributed by atoms with Crippen molar-refractivity contribution in [2.75, 3.05) is 24.8 Å². The number of ether oxygens (including phenoxy) is 2. The maximum atomic E-state index is 12.3. The zero-order chi connectivity index (χ0) is 15.4. The van der Waals surface area contributed by atoms with Gasteiger partial charge in [-0.05, 0) is 30.5 Å². The number of hydrogen-bond donors (Lipinski definition) is 1. The normalized spacial score (nSPS) is 13.3. The number of benzene rings is 1. The van der Waals surface area contributed by atoms with Gasteiger partial charge in [-0.1, -0.05) is 0 Å². The molecule has 0 radical (unpaired) electrons. The first-order valence-electron chi connectivity index (χ1n) is 6.97. The van der Waals surface area contributed by atoms with E-state index in [1.807, 2.05) is 18.4 Å². The van der Waals surface area contributed by atoms with Crippen molar-refractivity contribution in [3.05, 3.63) is 42.1 Å². The SMILES string of the molecule is CSc1cc(C(=O)Nc2ccc3c(c2)OCCCO3)ccn1. The standard InChI is InChI=1S/C16H16N2O3S/c1-22-15-9-11(5-6-17-15)16(19)18-12-3-4-13-14(10-12)21-8-2-7-20-13/h3-6,9-10H,2,7-8H2,1H3,(H,18,19). The quantitative estimate of drug-likeness (QED) is 0.881. The lowest BCUT2D eigenvalue weighted by atomic mass is 10.2. The topological polar surface area (TPSA) is 60.5 Å². The number of nitrogens with one attached hydrogen (secondary N) is 1. The van der Waals surface area contributed by atoms with Crippen molar-refractivity contribution < 1.29 is 14.3 Å². The lowest BCUT2D eigenvalue weighted by Gasteiger charge is -2.10. The Hall–Kier alpha value is -2.21. The van der Waals surface area contributed by atoms with Gasteiger partial charge in [0.15, 0.2) is 11.5 Å². The van der Waals surface area contributed by atoms with Crippen LogP contribution >= 0.6 is 11.8 Å². The number of carbonyl (C=O) groups excluding carboxylic acids is 1. The van der Waals surface area contributed by atoms with Gasteiger partial charge < -0.3 is 14.8 Å². The molecule has 2 aromatic rings. The monoisotopic (exact) mass is 316 g/mol. The lowest BCUT2D eigenvalue weighted by molar-refractivity contribution is 0.102. The molecule has 0 spiro atoms. The Labute approximate surface area is 133 Å². The van der Waals surface area contributed by atoms with E-state index in [2.05, 4.69) is 10.3 Å². The van der Waals surface area contributed by atoms with Crippen LogP contribution in [0.25, 0.3) is 0 Å². The number of amides is 1. The van der Waals surface area contributed by atoms with Crippen molar-refractivity contribution in [2.24, 2.45) is 0 Å². The van der Waals surface area contributed by atoms with Crippen molar-refractivity contribution in [1.29, 1.82) is 0 Å². The molecule has 0 aliphatic carbocycles. The van der Waals surface area contributed by atoms with Crippen molar-refractivity contribution in [3.8, 4) is 11.5 Å². The zero-order valence-electron chi connectivity index (χ0n) is 12.2. The molecule has 0 saturated heterocycles. The first kappa shape index (κ1) is 14.7. The van der Waals surface area contributed by atoms with E-state index >= 15 is 0 Å². The largest absolute Gasteiger partial charge is 0.490 e. The van der Waals surface area contributed by atoms with E-state index in [9.17, 15) is 4.79 Å². The summed E-state index contributed by atoms with van der Waals surface area (Å²) in [5.41, 5.74) is 1.25. The highest BCUT2D eigenvalue weighted by atomic mass is 32.2. The van der Waals surface area contributed by atoms with Crippen molar-refractivity contribution in [3.63, 3.8) is 0 Å². The number of aromatic nitrogens is 1. The predicted octanol–water partition coefficient (Wildman–Crippen LogP) is 3.22. The van der Waals surface area contributed by atoms with Gasteiger partial charge in [0.1, 0.15) is 0 Å². The molecule has 1 N–H and O–H groups in total. The molecule has 22 heavy (non-hydrogen) atoms. The summed E-state index contributed by atoms with van der Waals surface area (Å²) in [5, 5.41) is 3.68. The molecule has 1 aliphatic rings. The van der Waals surface area contributed by atoms with Crippen LogP contribution in [0.4, 0.5) is 5.69 Å². The molecule has 0 fully saturated rings. The van der Waals surface area contributed by atoms with E-state index in [4.69, 9.17) is 9.47 Å². The van der Waals surface area contributed by atoms with Crippen LogP contribution in [-0.2, 0) is 0 Å². The second-order valence-electron chi connectivity index (χ2n) is 4.75. The number of hydrogen-bond acceptors (Lipinski definition) is 5. The number of fused-ring (bicyclic) bond motifs is 1. The summed E-state index contributed by atoms with van der Waals surface area (Å²) in [5.74, 6) is 1.20.